The van der Waals surface area contributed by atoms with Gasteiger partial charge in [0.05, 0.1) is 31.5 Å². The highest BCUT2D eigenvalue weighted by atomic mass is 16.9. The summed E-state index contributed by atoms with van der Waals surface area (Å²) in [7, 11) is 1.12. The first-order chi connectivity index (χ1) is 25.1. The summed E-state index contributed by atoms with van der Waals surface area (Å²) in [6.45, 7) is 11.2. The average molecular weight is 761 g/mol. The second kappa shape index (κ2) is 10.8. The van der Waals surface area contributed by atoms with Crippen molar-refractivity contribution in [2.75, 3.05) is 7.11 Å². The van der Waals surface area contributed by atoms with Crippen LogP contribution in [0.15, 0.2) is 23.0 Å². The Hall–Kier alpha value is -4.06. The van der Waals surface area contributed by atoms with Gasteiger partial charge in [0.15, 0.2) is 6.10 Å². The molecule has 4 saturated carbocycles. The monoisotopic (exact) mass is 760 g/mol. The Morgan fingerprint density at radius 3 is 2.15 bits per heavy atom. The first-order valence-electron chi connectivity index (χ1n) is 17.9. The van der Waals surface area contributed by atoms with Crippen LogP contribution in [0.5, 0.6) is 0 Å². The van der Waals surface area contributed by atoms with Crippen LogP contribution >= 0.6 is 0 Å². The summed E-state index contributed by atoms with van der Waals surface area (Å²) in [5, 5.41) is 13.0. The Kier molecular flexibility index (Phi) is 7.39. The van der Waals surface area contributed by atoms with Gasteiger partial charge in [-0.15, -0.1) is 0 Å². The third kappa shape index (κ3) is 3.79. The molecule has 4 bridgehead atoms. The number of furan rings is 1. The van der Waals surface area contributed by atoms with Crippen molar-refractivity contribution in [1.29, 1.82) is 0 Å². The minimum atomic E-state index is -2.30. The van der Waals surface area contributed by atoms with Crippen molar-refractivity contribution in [2.24, 2.45) is 28.1 Å². The van der Waals surface area contributed by atoms with Gasteiger partial charge in [-0.25, -0.2) is 4.79 Å². The van der Waals surface area contributed by atoms with E-state index in [1.54, 1.807) is 26.8 Å². The normalized spacial score (nSPS) is 49.2. The third-order valence-corrected chi connectivity index (χ3v) is 14.2. The van der Waals surface area contributed by atoms with Crippen molar-refractivity contribution < 1.29 is 80.9 Å². The predicted molar refractivity (Wildman–Crippen MR) is 172 cm³/mol. The van der Waals surface area contributed by atoms with Crippen LogP contribution in [0.1, 0.15) is 86.3 Å². The number of fused-ring (bicyclic) bond motifs is 3. The van der Waals surface area contributed by atoms with E-state index in [9.17, 15) is 33.9 Å². The van der Waals surface area contributed by atoms with E-state index in [2.05, 4.69) is 0 Å². The van der Waals surface area contributed by atoms with Gasteiger partial charge in [-0.3, -0.25) is 24.0 Å². The van der Waals surface area contributed by atoms with Gasteiger partial charge < -0.3 is 52.2 Å². The van der Waals surface area contributed by atoms with Crippen molar-refractivity contribution >= 4 is 35.8 Å². The maximum absolute atomic E-state index is 14.0. The van der Waals surface area contributed by atoms with Gasteiger partial charge in [-0.2, -0.15) is 0 Å². The highest BCUT2D eigenvalue weighted by molar-refractivity contribution is 5.80. The van der Waals surface area contributed by atoms with Gasteiger partial charge in [-0.1, -0.05) is 20.8 Å². The van der Waals surface area contributed by atoms with Crippen LogP contribution < -0.4 is 0 Å². The predicted octanol–water partition coefficient (Wildman–Crippen LogP) is 1.95. The SMILES string of the molecule is COC(=O)C(OC(C)=O)C1C2(C)CC34OC5(C)OC6(C7CC(=O)OC(c8ccoc8)C7(C)C(OC(C)=O)CC6(O5)C13C)C(OC(C)=O)C4(OC(C)=O)C2O. The zero-order valence-electron chi connectivity index (χ0n) is 31.4. The summed E-state index contributed by atoms with van der Waals surface area (Å²) in [6, 6.07) is 1.60. The molecule has 3 saturated heterocycles. The van der Waals surface area contributed by atoms with Crippen LogP contribution in [-0.2, 0) is 71.4 Å². The summed E-state index contributed by atoms with van der Waals surface area (Å²) in [4.78, 5) is 80.7. The number of esters is 6. The number of carbonyl (C=O) groups excluding carboxylic acids is 6. The molecular weight excluding hydrogens is 716 g/mol. The van der Waals surface area contributed by atoms with Gasteiger partial charge in [0, 0.05) is 69.3 Å². The van der Waals surface area contributed by atoms with Gasteiger partial charge in [0.1, 0.15) is 35.1 Å². The molecule has 0 amide bonds. The third-order valence-electron chi connectivity index (χ3n) is 14.2. The number of rotatable bonds is 7. The van der Waals surface area contributed by atoms with Gasteiger partial charge in [0.2, 0.25) is 11.7 Å². The second-order valence-electron chi connectivity index (χ2n) is 16.7. The minimum absolute atomic E-state index is 0.165. The van der Waals surface area contributed by atoms with Crippen molar-refractivity contribution in [1.82, 2.24) is 0 Å². The standard InChI is InChI=1S/C37H44O17/c1-16(38)47-22-13-34-32(7)25(24(27(43)45-9)48-17(2)39)30(5)15-35(32)37(28(30)44,51-19(4)41)29(49-18(3)40)36(34,54-33(8,52-34)53-35)21-12-23(42)50-26(31(21,22)6)20-10-11-46-14-20/h10-11,14,21-22,24-26,28-29,44H,12-13,15H2,1-9H3. The minimum Gasteiger partial charge on any atom is -0.472 e. The summed E-state index contributed by atoms with van der Waals surface area (Å²) in [6.07, 6.45) is -5.66. The van der Waals surface area contributed by atoms with Crippen LogP contribution in [0.4, 0.5) is 0 Å². The molecule has 3 aliphatic heterocycles. The van der Waals surface area contributed by atoms with Crippen molar-refractivity contribution in [3.63, 3.8) is 0 Å². The Morgan fingerprint density at radius 1 is 0.907 bits per heavy atom. The van der Waals surface area contributed by atoms with Crippen molar-refractivity contribution in [2.45, 2.75) is 134 Å². The molecule has 15 unspecified atom stereocenters. The topological polar surface area (TPSA) is 219 Å². The molecule has 8 rings (SSSR count). The molecule has 1 N–H and O–H groups in total. The molecule has 7 aliphatic rings. The van der Waals surface area contributed by atoms with Gasteiger partial charge in [-0.05, 0) is 12.5 Å². The molecule has 54 heavy (non-hydrogen) atoms. The van der Waals surface area contributed by atoms with E-state index in [4.69, 9.17) is 47.0 Å². The number of hydrogen-bond acceptors (Lipinski definition) is 17. The first-order valence-corrected chi connectivity index (χ1v) is 17.9. The molecular formula is C37H44O17. The fraction of sp³-hybridized carbons (Fsp3) is 0.730. The second-order valence-corrected chi connectivity index (χ2v) is 16.7. The zero-order valence-corrected chi connectivity index (χ0v) is 31.4. The van der Waals surface area contributed by atoms with Gasteiger partial charge >= 0.3 is 35.8 Å². The summed E-state index contributed by atoms with van der Waals surface area (Å²) >= 11 is 0. The van der Waals surface area contributed by atoms with E-state index in [0.717, 1.165) is 27.9 Å². The van der Waals surface area contributed by atoms with Crippen LogP contribution in [0.3, 0.4) is 0 Å². The fourth-order valence-corrected chi connectivity index (χ4v) is 13.2. The number of hydrogen-bond donors (Lipinski definition) is 1. The molecule has 294 valence electrons. The van der Waals surface area contributed by atoms with Crippen molar-refractivity contribution in [3.05, 3.63) is 24.2 Å². The lowest BCUT2D eigenvalue weighted by atomic mass is 9.32. The Bertz CT molecular complexity index is 1880. The smallest absolute Gasteiger partial charge is 0.347 e. The number of ether oxygens (including phenoxy) is 9. The fourth-order valence-electron chi connectivity index (χ4n) is 13.2. The van der Waals surface area contributed by atoms with Crippen LogP contribution in [-0.4, -0.2) is 101 Å². The summed E-state index contributed by atoms with van der Waals surface area (Å²) in [5.74, 6) is -9.45. The highest BCUT2D eigenvalue weighted by Crippen LogP contribution is 2.90. The lowest BCUT2D eigenvalue weighted by Crippen LogP contribution is -2.95. The van der Waals surface area contributed by atoms with E-state index in [0.29, 0.717) is 5.56 Å². The Labute approximate surface area is 309 Å². The average Bonchev–Trinajstić information content (AvgIpc) is 3.75. The number of aliphatic hydroxyl groups is 1. The van der Waals surface area contributed by atoms with E-state index in [1.807, 2.05) is 0 Å². The maximum atomic E-state index is 14.0. The molecule has 4 aliphatic carbocycles. The van der Waals surface area contributed by atoms with E-state index in [1.165, 1.54) is 26.4 Å². The van der Waals surface area contributed by atoms with E-state index >= 15 is 0 Å². The number of carbonyl (C=O) groups is 6. The van der Waals surface area contributed by atoms with E-state index in [-0.39, 0.29) is 12.8 Å². The highest BCUT2D eigenvalue weighted by Gasteiger charge is 3.06. The van der Waals surface area contributed by atoms with Gasteiger partial charge in [0.25, 0.3) is 5.97 Å². The molecule has 7 fully saturated rings. The number of methoxy groups -OCH3 is 1. The molecule has 0 radical (unpaired) electrons. The molecule has 17 heteroatoms. The molecule has 2 spiro atoms. The molecule has 1 aromatic rings. The lowest BCUT2D eigenvalue weighted by molar-refractivity contribution is -0.482. The molecule has 0 aromatic carbocycles. The number of aliphatic hydroxyl groups excluding tert-OH is 1. The van der Waals surface area contributed by atoms with Crippen LogP contribution in [0.2, 0.25) is 0 Å². The zero-order chi connectivity index (χ0) is 39.4. The molecule has 17 nitrogen and oxygen atoms in total. The first kappa shape index (κ1) is 36.9. The quantitative estimate of drug-likeness (QED) is 0.310. The Balaban J connectivity index is 1.53. The summed E-state index contributed by atoms with van der Waals surface area (Å²) in [5.41, 5.74) is -12.6. The van der Waals surface area contributed by atoms with E-state index < -0.39 is 129 Å². The van der Waals surface area contributed by atoms with Crippen molar-refractivity contribution in [3.8, 4) is 0 Å². The lowest BCUT2D eigenvalue weighted by Gasteiger charge is -2.77. The van der Waals surface area contributed by atoms with Crippen LogP contribution in [0.25, 0.3) is 0 Å². The summed E-state index contributed by atoms with van der Waals surface area (Å²) < 4.78 is 62.6. The number of cyclic esters (lactones) is 1. The largest absolute Gasteiger partial charge is 0.472 e. The molecule has 4 heterocycles. The molecule has 15 atom stereocenters. The Morgan fingerprint density at radius 2 is 1.57 bits per heavy atom. The molecule has 1 aromatic heterocycles. The van der Waals surface area contributed by atoms with Crippen LogP contribution in [0, 0.1) is 28.1 Å². The maximum Gasteiger partial charge on any atom is 0.347 e.